The third-order valence-electron chi connectivity index (χ3n) is 3.40. The third kappa shape index (κ3) is 2.71. The molecule has 0 fully saturated rings. The van der Waals surface area contributed by atoms with E-state index in [0.29, 0.717) is 10.4 Å². The van der Waals surface area contributed by atoms with Crippen molar-refractivity contribution in [2.45, 2.75) is 31.2 Å². The fraction of sp³-hybridized carbons (Fsp3) is 0.500. The summed E-state index contributed by atoms with van der Waals surface area (Å²) in [6, 6.07) is 5.35. The maximum Gasteiger partial charge on any atom is 0.177 e. The van der Waals surface area contributed by atoms with Gasteiger partial charge >= 0.3 is 0 Å². The standard InChI is InChI=1S/C14H21N3O2S/c1-5-9-15-10(2)14-16-13-11(17(14)3)7-6-8-12(13)20(4,18)19/h6-8,10,15H,5,9H2,1-4H3. The summed E-state index contributed by atoms with van der Waals surface area (Å²) < 4.78 is 25.6. The van der Waals surface area contributed by atoms with E-state index in [2.05, 4.69) is 17.2 Å². The van der Waals surface area contributed by atoms with Crippen LogP contribution in [0.25, 0.3) is 11.0 Å². The maximum atomic E-state index is 11.8. The molecule has 0 aliphatic rings. The topological polar surface area (TPSA) is 64.0 Å². The van der Waals surface area contributed by atoms with Gasteiger partial charge < -0.3 is 9.88 Å². The molecule has 1 heterocycles. The van der Waals surface area contributed by atoms with Gasteiger partial charge in [0.05, 0.1) is 16.5 Å². The van der Waals surface area contributed by atoms with Crippen LogP contribution >= 0.6 is 0 Å². The van der Waals surface area contributed by atoms with Gasteiger partial charge in [-0.3, -0.25) is 0 Å². The second kappa shape index (κ2) is 5.54. The Morgan fingerprint density at radius 1 is 1.40 bits per heavy atom. The summed E-state index contributed by atoms with van der Waals surface area (Å²) in [5, 5.41) is 3.38. The zero-order chi connectivity index (χ0) is 14.9. The first kappa shape index (κ1) is 15.0. The van der Waals surface area contributed by atoms with Crippen LogP contribution in [0.2, 0.25) is 0 Å². The minimum absolute atomic E-state index is 0.0831. The number of nitrogens with one attached hydrogen (secondary N) is 1. The van der Waals surface area contributed by atoms with Crippen molar-refractivity contribution in [3.8, 4) is 0 Å². The molecule has 0 saturated carbocycles. The van der Waals surface area contributed by atoms with E-state index in [0.717, 1.165) is 24.3 Å². The summed E-state index contributed by atoms with van der Waals surface area (Å²) in [5.74, 6) is 0.851. The summed E-state index contributed by atoms with van der Waals surface area (Å²) in [5.41, 5.74) is 1.39. The molecular weight excluding hydrogens is 274 g/mol. The lowest BCUT2D eigenvalue weighted by Gasteiger charge is -2.12. The van der Waals surface area contributed by atoms with Gasteiger partial charge in [-0.05, 0) is 32.0 Å². The molecule has 0 aliphatic carbocycles. The monoisotopic (exact) mass is 295 g/mol. The van der Waals surface area contributed by atoms with Gasteiger partial charge in [-0.1, -0.05) is 13.0 Å². The molecule has 2 aromatic rings. The van der Waals surface area contributed by atoms with Crippen molar-refractivity contribution in [3.63, 3.8) is 0 Å². The fourth-order valence-electron chi connectivity index (χ4n) is 2.35. The van der Waals surface area contributed by atoms with Gasteiger partial charge in [-0.2, -0.15) is 0 Å². The first-order valence-electron chi connectivity index (χ1n) is 6.75. The van der Waals surface area contributed by atoms with Gasteiger partial charge in [0, 0.05) is 13.3 Å². The number of aromatic nitrogens is 2. The van der Waals surface area contributed by atoms with Crippen molar-refractivity contribution in [1.29, 1.82) is 0 Å². The van der Waals surface area contributed by atoms with Crippen molar-refractivity contribution in [2.75, 3.05) is 12.8 Å². The second-order valence-electron chi connectivity index (χ2n) is 5.10. The quantitative estimate of drug-likeness (QED) is 0.917. The van der Waals surface area contributed by atoms with Crippen LogP contribution in [0.4, 0.5) is 0 Å². The van der Waals surface area contributed by atoms with Gasteiger partial charge in [0.1, 0.15) is 11.3 Å². The molecule has 0 bridgehead atoms. The van der Waals surface area contributed by atoms with E-state index in [-0.39, 0.29) is 6.04 Å². The van der Waals surface area contributed by atoms with E-state index in [4.69, 9.17) is 0 Å². The molecule has 1 aromatic heterocycles. The Bertz CT molecular complexity index is 719. The Morgan fingerprint density at radius 3 is 2.70 bits per heavy atom. The van der Waals surface area contributed by atoms with Gasteiger partial charge in [0.25, 0.3) is 0 Å². The highest BCUT2D eigenvalue weighted by Gasteiger charge is 2.19. The molecule has 0 amide bonds. The van der Waals surface area contributed by atoms with E-state index < -0.39 is 9.84 Å². The van der Waals surface area contributed by atoms with E-state index in [1.807, 2.05) is 24.6 Å². The molecule has 20 heavy (non-hydrogen) atoms. The molecule has 0 saturated heterocycles. The van der Waals surface area contributed by atoms with Crippen LogP contribution in [0, 0.1) is 0 Å². The smallest absolute Gasteiger partial charge is 0.177 e. The van der Waals surface area contributed by atoms with Crippen LogP contribution in [0.15, 0.2) is 23.1 Å². The number of rotatable bonds is 5. The van der Waals surface area contributed by atoms with Crippen molar-refractivity contribution in [1.82, 2.24) is 14.9 Å². The van der Waals surface area contributed by atoms with Crippen LogP contribution in [0.3, 0.4) is 0 Å². The fourth-order valence-corrected chi connectivity index (χ4v) is 3.17. The van der Waals surface area contributed by atoms with E-state index in [9.17, 15) is 8.42 Å². The molecule has 2 rings (SSSR count). The zero-order valence-electron chi connectivity index (χ0n) is 12.3. The van der Waals surface area contributed by atoms with E-state index >= 15 is 0 Å². The first-order valence-corrected chi connectivity index (χ1v) is 8.64. The highest BCUT2D eigenvalue weighted by molar-refractivity contribution is 7.91. The Labute approximate surface area is 119 Å². The van der Waals surface area contributed by atoms with E-state index in [1.165, 1.54) is 6.26 Å². The number of nitrogens with zero attached hydrogens (tertiary/aromatic N) is 2. The van der Waals surface area contributed by atoms with Gasteiger partial charge in [-0.25, -0.2) is 13.4 Å². The number of hydrogen-bond donors (Lipinski definition) is 1. The molecule has 0 spiro atoms. The minimum atomic E-state index is -3.27. The van der Waals surface area contributed by atoms with Crippen molar-refractivity contribution < 1.29 is 8.42 Å². The normalized spacial score (nSPS) is 13.8. The highest BCUT2D eigenvalue weighted by Crippen LogP contribution is 2.25. The van der Waals surface area contributed by atoms with Gasteiger partial charge in [-0.15, -0.1) is 0 Å². The van der Waals surface area contributed by atoms with Crippen molar-refractivity contribution in [2.24, 2.45) is 7.05 Å². The number of sulfone groups is 1. The molecule has 6 heteroatoms. The number of fused-ring (bicyclic) bond motifs is 1. The molecule has 110 valence electrons. The first-order chi connectivity index (χ1) is 9.36. The predicted molar refractivity (Wildman–Crippen MR) is 80.5 cm³/mol. The molecular formula is C14H21N3O2S. The lowest BCUT2D eigenvalue weighted by atomic mass is 10.3. The second-order valence-corrected chi connectivity index (χ2v) is 7.09. The van der Waals surface area contributed by atoms with Crippen LogP contribution < -0.4 is 5.32 Å². The number of para-hydroxylation sites is 1. The molecule has 1 unspecified atom stereocenters. The number of aryl methyl sites for hydroxylation is 1. The lowest BCUT2D eigenvalue weighted by molar-refractivity contribution is 0.532. The van der Waals surface area contributed by atoms with Crippen LogP contribution in [-0.4, -0.2) is 30.8 Å². The molecule has 0 radical (unpaired) electrons. The Hall–Kier alpha value is -1.40. The van der Waals surface area contributed by atoms with Gasteiger partial charge in [0.2, 0.25) is 0 Å². The van der Waals surface area contributed by atoms with Crippen molar-refractivity contribution in [3.05, 3.63) is 24.0 Å². The Balaban J connectivity index is 2.58. The van der Waals surface area contributed by atoms with Crippen LogP contribution in [-0.2, 0) is 16.9 Å². The number of imidazole rings is 1. The molecule has 1 N–H and O–H groups in total. The summed E-state index contributed by atoms with van der Waals surface area (Å²) >= 11 is 0. The van der Waals surface area contributed by atoms with Crippen LogP contribution in [0.5, 0.6) is 0 Å². The Kier molecular flexibility index (Phi) is 4.15. The molecule has 1 atom stereocenters. The largest absolute Gasteiger partial charge is 0.330 e. The van der Waals surface area contributed by atoms with E-state index in [1.54, 1.807) is 12.1 Å². The minimum Gasteiger partial charge on any atom is -0.330 e. The summed E-state index contributed by atoms with van der Waals surface area (Å²) in [4.78, 5) is 4.84. The molecule has 0 aliphatic heterocycles. The molecule has 5 nitrogen and oxygen atoms in total. The zero-order valence-corrected chi connectivity index (χ0v) is 13.2. The summed E-state index contributed by atoms with van der Waals surface area (Å²) in [6.07, 6.45) is 2.26. The van der Waals surface area contributed by atoms with Crippen LogP contribution in [0.1, 0.15) is 32.1 Å². The average molecular weight is 295 g/mol. The predicted octanol–water partition coefficient (Wildman–Crippen LogP) is 2.04. The summed E-state index contributed by atoms with van der Waals surface area (Å²) in [6.45, 7) is 5.05. The highest BCUT2D eigenvalue weighted by atomic mass is 32.2. The maximum absolute atomic E-state index is 11.8. The average Bonchev–Trinajstić information content (AvgIpc) is 2.72. The van der Waals surface area contributed by atoms with Crippen molar-refractivity contribution >= 4 is 20.9 Å². The summed E-state index contributed by atoms with van der Waals surface area (Å²) in [7, 11) is -1.35. The third-order valence-corrected chi connectivity index (χ3v) is 4.52. The van der Waals surface area contributed by atoms with Gasteiger partial charge in [0.15, 0.2) is 9.84 Å². The number of benzene rings is 1. The SMILES string of the molecule is CCCNC(C)c1nc2c(S(C)(=O)=O)cccc2n1C. The number of hydrogen-bond acceptors (Lipinski definition) is 4. The Morgan fingerprint density at radius 2 is 2.10 bits per heavy atom. The molecule has 1 aromatic carbocycles. The lowest BCUT2D eigenvalue weighted by Crippen LogP contribution is -2.22.